The fourth-order valence-corrected chi connectivity index (χ4v) is 2.76. The second-order valence-corrected chi connectivity index (χ2v) is 6.08. The second-order valence-electron chi connectivity index (χ2n) is 5.64. The van der Waals surface area contributed by atoms with E-state index in [1.807, 2.05) is 94.9 Å². The summed E-state index contributed by atoms with van der Waals surface area (Å²) < 4.78 is 0. The molecule has 0 N–H and O–H groups in total. The van der Waals surface area contributed by atoms with Gasteiger partial charge in [0.05, 0.1) is 11.4 Å². The van der Waals surface area contributed by atoms with Gasteiger partial charge < -0.3 is 0 Å². The minimum atomic E-state index is 0.547. The summed E-state index contributed by atoms with van der Waals surface area (Å²) >= 11 is 6.01. The SMILES string of the molecule is Clc1ccc(C2=NN(c3ccccc3)CN(c3ccccc3)[N]2)cc1. The van der Waals surface area contributed by atoms with Crippen molar-refractivity contribution in [3.05, 3.63) is 95.5 Å². The molecule has 0 unspecified atom stereocenters. The number of para-hydroxylation sites is 2. The van der Waals surface area contributed by atoms with Gasteiger partial charge in [-0.05, 0) is 48.5 Å². The normalized spacial score (nSPS) is 14.0. The molecule has 0 aliphatic carbocycles. The van der Waals surface area contributed by atoms with Gasteiger partial charge in [0.25, 0.3) is 0 Å². The molecule has 0 fully saturated rings. The maximum absolute atomic E-state index is 6.01. The lowest BCUT2D eigenvalue weighted by Crippen LogP contribution is -2.48. The lowest BCUT2D eigenvalue weighted by Gasteiger charge is -2.34. The zero-order chi connectivity index (χ0) is 17.1. The molecule has 4 rings (SSSR count). The first kappa shape index (κ1) is 15.5. The average molecular weight is 348 g/mol. The Hall–Kier alpha value is -2.98. The Morgan fingerprint density at radius 1 is 0.680 bits per heavy atom. The molecule has 0 atom stereocenters. The van der Waals surface area contributed by atoms with Crippen LogP contribution < -0.4 is 15.4 Å². The molecule has 5 heteroatoms. The topological polar surface area (TPSA) is 32.9 Å². The van der Waals surface area contributed by atoms with Crippen LogP contribution >= 0.6 is 11.6 Å². The van der Waals surface area contributed by atoms with Crippen LogP contribution in [0.2, 0.25) is 5.02 Å². The number of hydrogen-bond acceptors (Lipinski definition) is 3. The summed E-state index contributed by atoms with van der Waals surface area (Å²) in [4.78, 5) is 0. The van der Waals surface area contributed by atoms with Gasteiger partial charge in [-0.1, -0.05) is 48.0 Å². The quantitative estimate of drug-likeness (QED) is 0.698. The Bertz CT molecular complexity index is 863. The summed E-state index contributed by atoms with van der Waals surface area (Å²) in [5.41, 5.74) is 7.69. The van der Waals surface area contributed by atoms with Crippen molar-refractivity contribution in [1.29, 1.82) is 0 Å². The summed E-state index contributed by atoms with van der Waals surface area (Å²) in [6.07, 6.45) is 0. The van der Waals surface area contributed by atoms with E-state index in [-0.39, 0.29) is 0 Å². The van der Waals surface area contributed by atoms with E-state index < -0.39 is 0 Å². The number of hydrazone groups is 1. The molecule has 1 aliphatic heterocycles. The van der Waals surface area contributed by atoms with Crippen LogP contribution in [-0.2, 0) is 0 Å². The van der Waals surface area contributed by atoms with E-state index in [1.54, 1.807) is 0 Å². The van der Waals surface area contributed by atoms with Gasteiger partial charge in [-0.3, -0.25) is 0 Å². The molecule has 0 bridgehead atoms. The summed E-state index contributed by atoms with van der Waals surface area (Å²) in [6.45, 7) is 0.547. The Balaban J connectivity index is 1.73. The van der Waals surface area contributed by atoms with E-state index in [1.165, 1.54) is 0 Å². The van der Waals surface area contributed by atoms with Crippen molar-refractivity contribution in [3.8, 4) is 0 Å². The van der Waals surface area contributed by atoms with Gasteiger partial charge in [0.2, 0.25) is 0 Å². The molecule has 3 aromatic rings. The molecule has 0 amide bonds. The first-order chi connectivity index (χ1) is 12.3. The Labute approximate surface area is 151 Å². The van der Waals surface area contributed by atoms with Crippen molar-refractivity contribution in [3.63, 3.8) is 0 Å². The highest BCUT2D eigenvalue weighted by Crippen LogP contribution is 2.22. The lowest BCUT2D eigenvalue weighted by molar-refractivity contribution is 0.671. The van der Waals surface area contributed by atoms with Crippen molar-refractivity contribution in [1.82, 2.24) is 5.43 Å². The Kier molecular flexibility index (Phi) is 4.27. The maximum atomic E-state index is 6.01. The number of benzene rings is 3. The molecule has 0 aromatic heterocycles. The molecule has 123 valence electrons. The molecule has 0 spiro atoms. The number of anilines is 2. The molecule has 0 saturated heterocycles. The van der Waals surface area contributed by atoms with Crippen LogP contribution in [-0.4, -0.2) is 12.5 Å². The summed E-state index contributed by atoms with van der Waals surface area (Å²) in [5.74, 6) is 0.649. The highest BCUT2D eigenvalue weighted by molar-refractivity contribution is 6.30. The first-order valence-corrected chi connectivity index (χ1v) is 8.39. The fourth-order valence-electron chi connectivity index (χ4n) is 2.63. The molecule has 1 radical (unpaired) electrons. The van der Waals surface area contributed by atoms with Crippen LogP contribution in [0.15, 0.2) is 90.0 Å². The zero-order valence-electron chi connectivity index (χ0n) is 13.5. The summed E-state index contributed by atoms with van der Waals surface area (Å²) in [6, 6.07) is 27.7. The van der Waals surface area contributed by atoms with E-state index in [2.05, 4.69) is 0 Å². The third-order valence-electron chi connectivity index (χ3n) is 3.91. The largest absolute Gasteiger partial charge is 0.242 e. The standard InChI is InChI=1S/C20H16ClN4/c21-17-13-11-16(12-14-17)20-22-24(18-7-3-1-4-8-18)15-25(23-20)19-9-5-2-6-10-19/h1-14H,15H2. The molecule has 0 saturated carbocycles. The van der Waals surface area contributed by atoms with Gasteiger partial charge in [0, 0.05) is 10.6 Å². The van der Waals surface area contributed by atoms with Crippen LogP contribution in [0.25, 0.3) is 0 Å². The van der Waals surface area contributed by atoms with E-state index in [0.29, 0.717) is 17.5 Å². The molecule has 4 nitrogen and oxygen atoms in total. The monoisotopic (exact) mass is 347 g/mol. The highest BCUT2D eigenvalue weighted by Gasteiger charge is 2.23. The minimum Gasteiger partial charge on any atom is -0.242 e. The van der Waals surface area contributed by atoms with Gasteiger partial charge in [-0.2, -0.15) is 0 Å². The van der Waals surface area contributed by atoms with Crippen LogP contribution in [0.4, 0.5) is 11.4 Å². The predicted octanol–water partition coefficient (Wildman–Crippen LogP) is 4.51. The fraction of sp³-hybridized carbons (Fsp3) is 0.0500. The van der Waals surface area contributed by atoms with Gasteiger partial charge in [0.1, 0.15) is 6.67 Å². The molecular weight excluding hydrogens is 332 g/mol. The number of amidine groups is 1. The number of nitrogens with zero attached hydrogens (tertiary/aromatic N) is 4. The Morgan fingerprint density at radius 3 is 1.84 bits per heavy atom. The molecule has 1 heterocycles. The van der Waals surface area contributed by atoms with Gasteiger partial charge in [0.15, 0.2) is 5.84 Å². The lowest BCUT2D eigenvalue weighted by atomic mass is 10.2. The Morgan fingerprint density at radius 2 is 1.24 bits per heavy atom. The van der Waals surface area contributed by atoms with Crippen LogP contribution in [0.1, 0.15) is 5.56 Å². The third kappa shape index (κ3) is 3.44. The van der Waals surface area contributed by atoms with Crippen molar-refractivity contribution in [2.75, 3.05) is 16.7 Å². The maximum Gasteiger partial charge on any atom is 0.199 e. The minimum absolute atomic E-state index is 0.547. The van der Waals surface area contributed by atoms with Gasteiger partial charge in [-0.15, -0.1) is 10.5 Å². The first-order valence-electron chi connectivity index (χ1n) is 8.01. The number of halogens is 1. The van der Waals surface area contributed by atoms with Crippen LogP contribution in [0.3, 0.4) is 0 Å². The zero-order valence-corrected chi connectivity index (χ0v) is 14.2. The molecule has 3 aromatic carbocycles. The van der Waals surface area contributed by atoms with Gasteiger partial charge in [-0.25, -0.2) is 10.0 Å². The molecule has 1 aliphatic rings. The van der Waals surface area contributed by atoms with Gasteiger partial charge >= 0.3 is 0 Å². The second kappa shape index (κ2) is 6.87. The highest BCUT2D eigenvalue weighted by atomic mass is 35.5. The van der Waals surface area contributed by atoms with Crippen molar-refractivity contribution in [2.24, 2.45) is 5.10 Å². The van der Waals surface area contributed by atoms with Crippen molar-refractivity contribution in [2.45, 2.75) is 0 Å². The van der Waals surface area contributed by atoms with E-state index in [9.17, 15) is 0 Å². The predicted molar refractivity (Wildman–Crippen MR) is 103 cm³/mol. The van der Waals surface area contributed by atoms with Crippen LogP contribution in [0.5, 0.6) is 0 Å². The average Bonchev–Trinajstić information content (AvgIpc) is 2.69. The van der Waals surface area contributed by atoms with E-state index in [0.717, 1.165) is 16.9 Å². The number of rotatable bonds is 3. The summed E-state index contributed by atoms with van der Waals surface area (Å²) in [5, 5.41) is 9.32. The van der Waals surface area contributed by atoms with E-state index in [4.69, 9.17) is 22.1 Å². The van der Waals surface area contributed by atoms with E-state index >= 15 is 0 Å². The molecule has 25 heavy (non-hydrogen) atoms. The third-order valence-corrected chi connectivity index (χ3v) is 4.16. The number of hydrogen-bond donors (Lipinski definition) is 0. The molecular formula is C20H16ClN4. The summed E-state index contributed by atoms with van der Waals surface area (Å²) in [7, 11) is 0. The van der Waals surface area contributed by atoms with Crippen molar-refractivity contribution < 1.29 is 0 Å². The van der Waals surface area contributed by atoms with Crippen LogP contribution in [0, 0.1) is 0 Å². The van der Waals surface area contributed by atoms with Crippen molar-refractivity contribution >= 4 is 28.8 Å². The smallest absolute Gasteiger partial charge is 0.199 e.